The lowest BCUT2D eigenvalue weighted by atomic mass is 10.1. The maximum Gasteiger partial charge on any atom is 0.281 e. The van der Waals surface area contributed by atoms with Crippen molar-refractivity contribution in [2.45, 2.75) is 0 Å². The van der Waals surface area contributed by atoms with E-state index in [-0.39, 0.29) is 17.2 Å². The number of anilines is 1. The SMILES string of the molecule is O=C1Nc2ccc(Br)cc2/C1=N/n1cnc2ccccc2c1=O. The minimum atomic E-state index is -0.349. The van der Waals surface area contributed by atoms with E-state index >= 15 is 0 Å². The number of hydrogen-bond donors (Lipinski definition) is 1. The van der Waals surface area contributed by atoms with Crippen molar-refractivity contribution in [3.8, 4) is 0 Å². The zero-order valence-electron chi connectivity index (χ0n) is 11.7. The van der Waals surface area contributed by atoms with Crippen LogP contribution in [0.1, 0.15) is 5.56 Å². The highest BCUT2D eigenvalue weighted by atomic mass is 79.9. The highest BCUT2D eigenvalue weighted by Crippen LogP contribution is 2.26. The summed E-state index contributed by atoms with van der Waals surface area (Å²) in [5, 5.41) is 7.37. The number of fused-ring (bicyclic) bond motifs is 2. The molecule has 0 unspecified atom stereocenters. The third kappa shape index (κ3) is 2.25. The van der Waals surface area contributed by atoms with E-state index in [2.05, 4.69) is 31.3 Å². The Morgan fingerprint density at radius 1 is 1.13 bits per heavy atom. The average Bonchev–Trinajstić information content (AvgIpc) is 2.86. The second-order valence-corrected chi connectivity index (χ2v) is 5.92. The molecule has 0 atom stereocenters. The molecule has 4 rings (SSSR count). The van der Waals surface area contributed by atoms with Crippen LogP contribution in [-0.4, -0.2) is 21.3 Å². The number of nitrogens with zero attached hydrogens (tertiary/aromatic N) is 3. The van der Waals surface area contributed by atoms with Gasteiger partial charge in [0.15, 0.2) is 5.71 Å². The molecule has 112 valence electrons. The third-order valence-corrected chi connectivity index (χ3v) is 4.05. The Morgan fingerprint density at radius 3 is 2.83 bits per heavy atom. The van der Waals surface area contributed by atoms with Gasteiger partial charge in [0.1, 0.15) is 6.33 Å². The molecule has 0 bridgehead atoms. The molecule has 0 saturated carbocycles. The van der Waals surface area contributed by atoms with E-state index in [9.17, 15) is 9.59 Å². The Morgan fingerprint density at radius 2 is 1.96 bits per heavy atom. The molecule has 1 N–H and O–H groups in total. The Hall–Kier alpha value is -2.80. The van der Waals surface area contributed by atoms with Crippen LogP contribution >= 0.6 is 15.9 Å². The fourth-order valence-electron chi connectivity index (χ4n) is 2.46. The van der Waals surface area contributed by atoms with Crippen LogP contribution in [-0.2, 0) is 4.79 Å². The van der Waals surface area contributed by atoms with Gasteiger partial charge in [0.25, 0.3) is 11.5 Å². The molecular weight excluding hydrogens is 360 g/mol. The van der Waals surface area contributed by atoms with Gasteiger partial charge < -0.3 is 5.32 Å². The van der Waals surface area contributed by atoms with E-state index in [0.29, 0.717) is 22.2 Å². The Bertz CT molecular complexity index is 1060. The van der Waals surface area contributed by atoms with Crippen LogP contribution in [0.5, 0.6) is 0 Å². The van der Waals surface area contributed by atoms with Crippen LogP contribution in [0.15, 0.2) is 63.2 Å². The number of carbonyl (C=O) groups excluding carboxylic acids is 1. The van der Waals surface area contributed by atoms with Crippen molar-refractivity contribution < 1.29 is 4.79 Å². The number of nitrogens with one attached hydrogen (secondary N) is 1. The van der Waals surface area contributed by atoms with Gasteiger partial charge >= 0.3 is 0 Å². The standard InChI is InChI=1S/C16H9BrN4O2/c17-9-5-6-13-11(7-9)14(15(22)19-13)20-21-8-18-12-4-2-1-3-10(12)16(21)23/h1-8H,(H,19,20,22). The van der Waals surface area contributed by atoms with Gasteiger partial charge in [-0.1, -0.05) is 28.1 Å². The first-order valence-electron chi connectivity index (χ1n) is 6.80. The summed E-state index contributed by atoms with van der Waals surface area (Å²) in [5.74, 6) is -0.349. The van der Waals surface area contributed by atoms with Gasteiger partial charge in [0, 0.05) is 10.0 Å². The minimum absolute atomic E-state index is 0.181. The van der Waals surface area contributed by atoms with E-state index in [1.54, 1.807) is 30.3 Å². The van der Waals surface area contributed by atoms with Crippen molar-refractivity contribution >= 4 is 44.1 Å². The molecule has 6 nitrogen and oxygen atoms in total. The molecule has 0 radical (unpaired) electrons. The zero-order valence-corrected chi connectivity index (χ0v) is 13.2. The van der Waals surface area contributed by atoms with Crippen LogP contribution < -0.4 is 10.9 Å². The van der Waals surface area contributed by atoms with Crippen molar-refractivity contribution in [1.82, 2.24) is 9.66 Å². The molecule has 1 amide bonds. The summed E-state index contributed by atoms with van der Waals surface area (Å²) in [4.78, 5) is 28.8. The predicted octanol–water partition coefficient (Wildman–Crippen LogP) is 2.36. The fourth-order valence-corrected chi connectivity index (χ4v) is 2.82. The summed E-state index contributed by atoms with van der Waals surface area (Å²) in [6.07, 6.45) is 1.32. The highest BCUT2D eigenvalue weighted by Gasteiger charge is 2.26. The molecule has 2 heterocycles. The third-order valence-electron chi connectivity index (χ3n) is 3.56. The summed E-state index contributed by atoms with van der Waals surface area (Å²) < 4.78 is 1.91. The van der Waals surface area contributed by atoms with E-state index in [4.69, 9.17) is 0 Å². The number of hydrogen-bond acceptors (Lipinski definition) is 4. The first-order chi connectivity index (χ1) is 11.1. The Labute approximate surface area is 138 Å². The first-order valence-corrected chi connectivity index (χ1v) is 7.59. The number of halogens is 1. The topological polar surface area (TPSA) is 76.3 Å². The van der Waals surface area contributed by atoms with Crippen molar-refractivity contribution in [1.29, 1.82) is 0 Å². The van der Waals surface area contributed by atoms with Gasteiger partial charge in [0.05, 0.1) is 16.6 Å². The maximum absolute atomic E-state index is 12.5. The Balaban J connectivity index is 1.92. The molecule has 0 spiro atoms. The van der Waals surface area contributed by atoms with Gasteiger partial charge in [-0.05, 0) is 30.3 Å². The number of carbonyl (C=O) groups is 1. The molecule has 23 heavy (non-hydrogen) atoms. The summed E-state index contributed by atoms with van der Waals surface area (Å²) in [5.41, 5.74) is 1.76. The van der Waals surface area contributed by atoms with Crippen LogP contribution in [0.4, 0.5) is 5.69 Å². The minimum Gasteiger partial charge on any atom is -0.320 e. The van der Waals surface area contributed by atoms with Crippen LogP contribution in [0.3, 0.4) is 0 Å². The number of benzene rings is 2. The lowest BCUT2D eigenvalue weighted by Gasteiger charge is -2.02. The zero-order chi connectivity index (χ0) is 16.0. The molecule has 3 aromatic rings. The predicted molar refractivity (Wildman–Crippen MR) is 90.7 cm³/mol. The summed E-state index contributed by atoms with van der Waals surface area (Å²) in [6, 6.07) is 12.4. The van der Waals surface area contributed by atoms with Crippen LogP contribution in [0.2, 0.25) is 0 Å². The molecule has 1 aliphatic rings. The average molecular weight is 369 g/mol. The van der Waals surface area contributed by atoms with Crippen LogP contribution in [0.25, 0.3) is 10.9 Å². The van der Waals surface area contributed by atoms with E-state index in [1.165, 1.54) is 6.33 Å². The normalized spacial score (nSPS) is 15.0. The number of aromatic nitrogens is 2. The van der Waals surface area contributed by atoms with E-state index in [1.807, 2.05) is 12.1 Å². The molecule has 0 aliphatic carbocycles. The molecule has 2 aromatic carbocycles. The lowest BCUT2D eigenvalue weighted by Crippen LogP contribution is -2.22. The van der Waals surface area contributed by atoms with Crippen molar-refractivity contribution in [2.24, 2.45) is 5.10 Å². The monoisotopic (exact) mass is 368 g/mol. The van der Waals surface area contributed by atoms with E-state index < -0.39 is 0 Å². The largest absolute Gasteiger partial charge is 0.320 e. The maximum atomic E-state index is 12.5. The van der Waals surface area contributed by atoms with Gasteiger partial charge in [-0.3, -0.25) is 9.59 Å². The molecule has 1 aromatic heterocycles. The molecular formula is C16H9BrN4O2. The van der Waals surface area contributed by atoms with Crippen molar-refractivity contribution in [2.75, 3.05) is 5.32 Å². The molecule has 0 saturated heterocycles. The Kier molecular flexibility index (Phi) is 3.09. The number of rotatable bonds is 1. The second-order valence-electron chi connectivity index (χ2n) is 5.00. The molecule has 7 heteroatoms. The van der Waals surface area contributed by atoms with Crippen LogP contribution in [0, 0.1) is 0 Å². The smallest absolute Gasteiger partial charge is 0.281 e. The summed E-state index contributed by atoms with van der Waals surface area (Å²) in [6.45, 7) is 0. The second kappa shape index (κ2) is 5.13. The van der Waals surface area contributed by atoms with Gasteiger partial charge in [0.2, 0.25) is 0 Å². The molecule has 0 fully saturated rings. The first kappa shape index (κ1) is 13.8. The number of amides is 1. The quantitative estimate of drug-likeness (QED) is 0.716. The van der Waals surface area contributed by atoms with Crippen molar-refractivity contribution in [3.63, 3.8) is 0 Å². The van der Waals surface area contributed by atoms with Gasteiger partial charge in [-0.2, -0.15) is 9.78 Å². The lowest BCUT2D eigenvalue weighted by molar-refractivity contribution is -0.110. The summed E-state index contributed by atoms with van der Waals surface area (Å²) >= 11 is 3.37. The molecule has 1 aliphatic heterocycles. The van der Waals surface area contributed by atoms with E-state index in [0.717, 1.165) is 9.15 Å². The summed E-state index contributed by atoms with van der Waals surface area (Å²) in [7, 11) is 0. The highest BCUT2D eigenvalue weighted by molar-refractivity contribution is 9.10. The van der Waals surface area contributed by atoms with Gasteiger partial charge in [-0.15, -0.1) is 0 Å². The number of para-hydroxylation sites is 1. The van der Waals surface area contributed by atoms with Crippen molar-refractivity contribution in [3.05, 3.63) is 69.2 Å². The van der Waals surface area contributed by atoms with Gasteiger partial charge in [-0.25, -0.2) is 4.98 Å². The fraction of sp³-hybridized carbons (Fsp3) is 0.